The van der Waals surface area contributed by atoms with Gasteiger partial charge < -0.3 is 10.4 Å². The van der Waals surface area contributed by atoms with Crippen LogP contribution in [0.25, 0.3) is 0 Å². The minimum Gasteiger partial charge on any atom is -0.396 e. The van der Waals surface area contributed by atoms with E-state index in [9.17, 15) is 4.79 Å². The van der Waals surface area contributed by atoms with E-state index < -0.39 is 5.54 Å². The summed E-state index contributed by atoms with van der Waals surface area (Å²) in [6, 6.07) is 3.31. The van der Waals surface area contributed by atoms with Gasteiger partial charge in [0.15, 0.2) is 0 Å². The summed E-state index contributed by atoms with van der Waals surface area (Å²) in [5.74, 6) is -0.143. The Morgan fingerprint density at radius 1 is 1.47 bits per heavy atom. The first-order chi connectivity index (χ1) is 7.05. The smallest absolute Gasteiger partial charge is 0.251 e. The molecular formula is C11H16N2O2. The molecule has 1 heterocycles. The van der Waals surface area contributed by atoms with Gasteiger partial charge in [0.05, 0.1) is 0 Å². The van der Waals surface area contributed by atoms with Crippen molar-refractivity contribution in [3.8, 4) is 0 Å². The predicted molar refractivity (Wildman–Crippen MR) is 57.5 cm³/mol. The zero-order valence-electron chi connectivity index (χ0n) is 9.03. The lowest BCUT2D eigenvalue weighted by molar-refractivity contribution is 0.0899. The van der Waals surface area contributed by atoms with Crippen LogP contribution in [0.15, 0.2) is 24.5 Å². The fraction of sp³-hybridized carbons (Fsp3) is 0.455. The molecule has 2 N–H and O–H groups in total. The molecule has 0 atom stereocenters. The van der Waals surface area contributed by atoms with Crippen molar-refractivity contribution < 1.29 is 9.90 Å². The number of carbonyl (C=O) groups is 1. The second kappa shape index (κ2) is 4.89. The monoisotopic (exact) mass is 208 g/mol. The highest BCUT2D eigenvalue weighted by molar-refractivity contribution is 5.94. The molecule has 0 bridgehead atoms. The average Bonchev–Trinajstić information content (AvgIpc) is 2.18. The van der Waals surface area contributed by atoms with Crippen LogP contribution in [0.5, 0.6) is 0 Å². The summed E-state index contributed by atoms with van der Waals surface area (Å²) in [5.41, 5.74) is 0.186. The quantitative estimate of drug-likeness (QED) is 0.775. The molecule has 1 aromatic rings. The number of aliphatic hydroxyl groups is 1. The number of rotatable bonds is 4. The van der Waals surface area contributed by atoms with Crippen molar-refractivity contribution in [2.45, 2.75) is 25.8 Å². The topological polar surface area (TPSA) is 62.2 Å². The highest BCUT2D eigenvalue weighted by atomic mass is 16.3. The van der Waals surface area contributed by atoms with Crippen LogP contribution in [0.4, 0.5) is 0 Å². The van der Waals surface area contributed by atoms with Crippen LogP contribution in [-0.4, -0.2) is 28.1 Å². The van der Waals surface area contributed by atoms with Crippen LogP contribution in [-0.2, 0) is 0 Å². The molecule has 4 nitrogen and oxygen atoms in total. The second-order valence-corrected chi connectivity index (χ2v) is 4.05. The maximum absolute atomic E-state index is 11.7. The number of aliphatic hydroxyl groups excluding tert-OH is 1. The van der Waals surface area contributed by atoms with Crippen molar-refractivity contribution in [2.75, 3.05) is 6.61 Å². The molecule has 1 amide bonds. The van der Waals surface area contributed by atoms with E-state index in [2.05, 4.69) is 10.3 Å². The van der Waals surface area contributed by atoms with Gasteiger partial charge in [-0.25, -0.2) is 0 Å². The standard InChI is InChI=1S/C11H16N2O2/c1-11(2,5-8-14)13-10(15)9-3-6-12-7-4-9/h3-4,6-7,14H,5,8H2,1-2H3,(H,13,15). The van der Waals surface area contributed by atoms with E-state index in [1.54, 1.807) is 24.5 Å². The van der Waals surface area contributed by atoms with E-state index in [1.807, 2.05) is 13.8 Å². The summed E-state index contributed by atoms with van der Waals surface area (Å²) in [7, 11) is 0. The molecule has 82 valence electrons. The summed E-state index contributed by atoms with van der Waals surface area (Å²) in [6.07, 6.45) is 3.69. The molecule has 0 fully saturated rings. The lowest BCUT2D eigenvalue weighted by Gasteiger charge is -2.25. The Morgan fingerprint density at radius 2 is 2.07 bits per heavy atom. The van der Waals surface area contributed by atoms with E-state index >= 15 is 0 Å². The molecule has 0 saturated heterocycles. The zero-order valence-corrected chi connectivity index (χ0v) is 9.03. The summed E-state index contributed by atoms with van der Waals surface area (Å²) in [4.78, 5) is 15.6. The van der Waals surface area contributed by atoms with Gasteiger partial charge in [-0.05, 0) is 32.4 Å². The van der Waals surface area contributed by atoms with E-state index in [1.165, 1.54) is 0 Å². The van der Waals surface area contributed by atoms with Crippen molar-refractivity contribution in [3.63, 3.8) is 0 Å². The minimum absolute atomic E-state index is 0.0592. The molecule has 1 rings (SSSR count). The fourth-order valence-electron chi connectivity index (χ4n) is 1.22. The van der Waals surface area contributed by atoms with Crippen LogP contribution in [0.1, 0.15) is 30.6 Å². The molecule has 0 unspecified atom stereocenters. The number of hydrogen-bond acceptors (Lipinski definition) is 3. The first-order valence-electron chi connectivity index (χ1n) is 4.88. The predicted octanol–water partition coefficient (Wildman–Crippen LogP) is 0.972. The Labute approximate surface area is 89.3 Å². The van der Waals surface area contributed by atoms with Crippen molar-refractivity contribution in [2.24, 2.45) is 0 Å². The van der Waals surface area contributed by atoms with Crippen molar-refractivity contribution in [1.82, 2.24) is 10.3 Å². The molecule has 0 aromatic carbocycles. The van der Waals surface area contributed by atoms with Gasteiger partial charge >= 0.3 is 0 Å². The number of hydrogen-bond donors (Lipinski definition) is 2. The SMILES string of the molecule is CC(C)(CCO)NC(=O)c1ccncc1. The largest absolute Gasteiger partial charge is 0.396 e. The van der Waals surface area contributed by atoms with Gasteiger partial charge in [-0.1, -0.05) is 0 Å². The molecule has 1 aromatic heterocycles. The Bertz CT molecular complexity index is 323. The summed E-state index contributed by atoms with van der Waals surface area (Å²) >= 11 is 0. The molecule has 0 radical (unpaired) electrons. The number of carbonyl (C=O) groups excluding carboxylic acids is 1. The van der Waals surface area contributed by atoms with Crippen LogP contribution >= 0.6 is 0 Å². The number of nitrogens with zero attached hydrogens (tertiary/aromatic N) is 1. The Kier molecular flexibility index (Phi) is 3.80. The van der Waals surface area contributed by atoms with Crippen molar-refractivity contribution in [1.29, 1.82) is 0 Å². The summed E-state index contributed by atoms with van der Waals surface area (Å²) in [6.45, 7) is 3.81. The molecule has 0 aliphatic carbocycles. The van der Waals surface area contributed by atoms with Gasteiger partial charge in [0.2, 0.25) is 0 Å². The molecule has 0 saturated carbocycles. The molecule has 0 aliphatic rings. The Hall–Kier alpha value is -1.42. The number of amides is 1. The third-order valence-electron chi connectivity index (χ3n) is 2.13. The van der Waals surface area contributed by atoms with Gasteiger partial charge in [0, 0.05) is 30.1 Å². The van der Waals surface area contributed by atoms with E-state index in [0.717, 1.165) is 0 Å². The first-order valence-corrected chi connectivity index (χ1v) is 4.88. The average molecular weight is 208 g/mol. The summed E-state index contributed by atoms with van der Waals surface area (Å²) < 4.78 is 0. The number of nitrogens with one attached hydrogen (secondary N) is 1. The van der Waals surface area contributed by atoms with E-state index in [4.69, 9.17) is 5.11 Å². The van der Waals surface area contributed by atoms with Crippen LogP contribution in [0, 0.1) is 0 Å². The third-order valence-corrected chi connectivity index (χ3v) is 2.13. The van der Waals surface area contributed by atoms with Gasteiger partial charge in [-0.15, -0.1) is 0 Å². The first kappa shape index (κ1) is 11.7. The lowest BCUT2D eigenvalue weighted by Crippen LogP contribution is -2.44. The van der Waals surface area contributed by atoms with Crippen LogP contribution in [0.3, 0.4) is 0 Å². The van der Waals surface area contributed by atoms with Gasteiger partial charge in [-0.3, -0.25) is 9.78 Å². The Balaban J connectivity index is 2.64. The maximum atomic E-state index is 11.7. The van der Waals surface area contributed by atoms with Crippen LogP contribution in [0.2, 0.25) is 0 Å². The molecule has 0 spiro atoms. The highest BCUT2D eigenvalue weighted by Gasteiger charge is 2.20. The maximum Gasteiger partial charge on any atom is 0.251 e. The van der Waals surface area contributed by atoms with Gasteiger partial charge in [0.25, 0.3) is 5.91 Å². The van der Waals surface area contributed by atoms with Crippen molar-refractivity contribution >= 4 is 5.91 Å². The molecule has 15 heavy (non-hydrogen) atoms. The second-order valence-electron chi connectivity index (χ2n) is 4.05. The zero-order chi connectivity index (χ0) is 11.3. The molecular weight excluding hydrogens is 192 g/mol. The van der Waals surface area contributed by atoms with Crippen LogP contribution < -0.4 is 5.32 Å². The number of aromatic nitrogens is 1. The highest BCUT2D eigenvalue weighted by Crippen LogP contribution is 2.08. The van der Waals surface area contributed by atoms with Gasteiger partial charge in [-0.2, -0.15) is 0 Å². The summed E-state index contributed by atoms with van der Waals surface area (Å²) in [5, 5.41) is 11.7. The van der Waals surface area contributed by atoms with Gasteiger partial charge in [0.1, 0.15) is 0 Å². The van der Waals surface area contributed by atoms with E-state index in [-0.39, 0.29) is 12.5 Å². The van der Waals surface area contributed by atoms with Crippen molar-refractivity contribution in [3.05, 3.63) is 30.1 Å². The fourth-order valence-corrected chi connectivity index (χ4v) is 1.22. The number of pyridine rings is 1. The lowest BCUT2D eigenvalue weighted by atomic mass is 10.0. The minimum atomic E-state index is -0.394. The molecule has 0 aliphatic heterocycles. The Morgan fingerprint density at radius 3 is 2.60 bits per heavy atom. The van der Waals surface area contributed by atoms with E-state index in [0.29, 0.717) is 12.0 Å². The normalized spacial score (nSPS) is 11.1. The molecule has 4 heteroatoms. The third kappa shape index (κ3) is 3.67.